The number of hydrogen-bond acceptors (Lipinski definition) is 1. The average Bonchev–Trinajstić information content (AvgIpc) is 2.57. The molecule has 0 aromatic heterocycles. The molecule has 1 aromatic rings. The molecular weight excluding hydrogens is 230 g/mol. The van der Waals surface area contributed by atoms with Crippen molar-refractivity contribution in [1.29, 1.82) is 0 Å². The van der Waals surface area contributed by atoms with Crippen molar-refractivity contribution in [3.63, 3.8) is 0 Å². The van der Waals surface area contributed by atoms with Crippen LogP contribution in [0.3, 0.4) is 0 Å². The summed E-state index contributed by atoms with van der Waals surface area (Å²) in [6, 6.07) is 7.80. The maximum Gasteiger partial charge on any atom is 0.0323 e. The molecule has 1 heteroatoms. The Morgan fingerprint density at radius 3 is 2.84 bits per heavy atom. The predicted octanol–water partition coefficient (Wildman–Crippen LogP) is 4.65. The van der Waals surface area contributed by atoms with Crippen molar-refractivity contribution < 1.29 is 0 Å². The van der Waals surface area contributed by atoms with E-state index in [-0.39, 0.29) is 0 Å². The van der Waals surface area contributed by atoms with E-state index in [9.17, 15) is 0 Å². The largest absolute Gasteiger partial charge is 0.310 e. The molecule has 1 N–H and O–H groups in total. The minimum absolute atomic E-state index is 0.588. The van der Waals surface area contributed by atoms with Gasteiger partial charge in [-0.3, -0.25) is 0 Å². The zero-order valence-corrected chi connectivity index (χ0v) is 12.8. The van der Waals surface area contributed by atoms with Crippen LogP contribution in [0.5, 0.6) is 0 Å². The van der Waals surface area contributed by atoms with Crippen LogP contribution in [0.4, 0.5) is 0 Å². The maximum absolute atomic E-state index is 3.75. The third-order valence-electron chi connectivity index (χ3n) is 4.06. The fourth-order valence-corrected chi connectivity index (χ4v) is 3.14. The third kappa shape index (κ3) is 4.07. The van der Waals surface area contributed by atoms with Crippen molar-refractivity contribution in [1.82, 2.24) is 5.32 Å². The van der Waals surface area contributed by atoms with Crippen LogP contribution < -0.4 is 5.32 Å². The van der Waals surface area contributed by atoms with E-state index in [4.69, 9.17) is 0 Å². The number of hydrogen-bond donors (Lipinski definition) is 1. The van der Waals surface area contributed by atoms with Gasteiger partial charge in [0.2, 0.25) is 0 Å². The molecule has 1 atom stereocenters. The summed E-state index contributed by atoms with van der Waals surface area (Å²) in [6.07, 6.45) is 7.70. The lowest BCUT2D eigenvalue weighted by Crippen LogP contribution is -2.22. The van der Waals surface area contributed by atoms with Crippen LogP contribution in [0.1, 0.15) is 69.2 Å². The standard InChI is InChI=1S/C18H29N/c1-4-11-19-18-8-6-5-7-16-10-9-15(12-14(2)3)13-17(16)18/h9-10,13-14,18-19H,4-8,11-12H2,1-3H3. The van der Waals surface area contributed by atoms with Gasteiger partial charge >= 0.3 is 0 Å². The molecule has 106 valence electrons. The molecule has 0 heterocycles. The molecule has 0 bridgehead atoms. The lowest BCUT2D eigenvalue weighted by Gasteiger charge is -2.20. The van der Waals surface area contributed by atoms with Crippen LogP contribution in [0.2, 0.25) is 0 Å². The molecule has 0 saturated carbocycles. The first kappa shape index (κ1) is 14.6. The first-order valence-electron chi connectivity index (χ1n) is 8.05. The van der Waals surface area contributed by atoms with E-state index >= 15 is 0 Å². The van der Waals surface area contributed by atoms with E-state index in [1.807, 2.05) is 0 Å². The normalized spacial score (nSPS) is 19.3. The summed E-state index contributed by atoms with van der Waals surface area (Å²) < 4.78 is 0. The van der Waals surface area contributed by atoms with Crippen molar-refractivity contribution in [3.05, 3.63) is 34.9 Å². The molecule has 1 aliphatic rings. The van der Waals surface area contributed by atoms with E-state index in [1.54, 1.807) is 11.1 Å². The number of nitrogens with one attached hydrogen (secondary N) is 1. The van der Waals surface area contributed by atoms with Gasteiger partial charge in [0.05, 0.1) is 0 Å². The van der Waals surface area contributed by atoms with Gasteiger partial charge in [-0.15, -0.1) is 0 Å². The highest BCUT2D eigenvalue weighted by Gasteiger charge is 2.18. The average molecular weight is 259 g/mol. The number of aryl methyl sites for hydroxylation is 1. The lowest BCUT2D eigenvalue weighted by molar-refractivity contribution is 0.489. The van der Waals surface area contributed by atoms with Gasteiger partial charge in [0.15, 0.2) is 0 Å². The molecule has 0 fully saturated rings. The quantitative estimate of drug-likeness (QED) is 0.759. The Hall–Kier alpha value is -0.820. The van der Waals surface area contributed by atoms with Crippen molar-refractivity contribution in [3.8, 4) is 0 Å². The monoisotopic (exact) mass is 259 g/mol. The lowest BCUT2D eigenvalue weighted by atomic mass is 9.93. The Morgan fingerprint density at radius 1 is 1.26 bits per heavy atom. The summed E-state index contributed by atoms with van der Waals surface area (Å²) in [7, 11) is 0. The van der Waals surface area contributed by atoms with E-state index in [0.717, 1.165) is 12.5 Å². The van der Waals surface area contributed by atoms with Crippen molar-refractivity contribution in [2.24, 2.45) is 5.92 Å². The molecule has 2 rings (SSSR count). The van der Waals surface area contributed by atoms with Crippen molar-refractivity contribution in [2.45, 2.75) is 65.3 Å². The van der Waals surface area contributed by atoms with Gasteiger partial charge in [-0.2, -0.15) is 0 Å². The van der Waals surface area contributed by atoms with Gasteiger partial charge in [0, 0.05) is 6.04 Å². The van der Waals surface area contributed by atoms with Gasteiger partial charge in [0.25, 0.3) is 0 Å². The summed E-state index contributed by atoms with van der Waals surface area (Å²) in [5, 5.41) is 3.75. The number of rotatable bonds is 5. The Bertz CT molecular complexity index is 395. The van der Waals surface area contributed by atoms with Crippen LogP contribution in [0, 0.1) is 5.92 Å². The highest BCUT2D eigenvalue weighted by atomic mass is 14.9. The Kier molecular flexibility index (Phi) is 5.45. The van der Waals surface area contributed by atoms with E-state index in [2.05, 4.69) is 44.3 Å². The van der Waals surface area contributed by atoms with Crippen LogP contribution >= 0.6 is 0 Å². The van der Waals surface area contributed by atoms with Gasteiger partial charge < -0.3 is 5.32 Å². The topological polar surface area (TPSA) is 12.0 Å². The van der Waals surface area contributed by atoms with Crippen LogP contribution in [0.15, 0.2) is 18.2 Å². The highest BCUT2D eigenvalue weighted by Crippen LogP contribution is 2.30. The van der Waals surface area contributed by atoms with E-state index in [1.165, 1.54) is 44.1 Å². The molecule has 0 radical (unpaired) electrons. The zero-order chi connectivity index (χ0) is 13.7. The molecule has 0 aliphatic heterocycles. The minimum atomic E-state index is 0.588. The molecule has 0 amide bonds. The molecule has 1 aromatic carbocycles. The molecule has 1 unspecified atom stereocenters. The Balaban J connectivity index is 2.22. The summed E-state index contributed by atoms with van der Waals surface area (Å²) in [4.78, 5) is 0. The van der Waals surface area contributed by atoms with Gasteiger partial charge in [-0.25, -0.2) is 0 Å². The van der Waals surface area contributed by atoms with Crippen LogP contribution in [0.25, 0.3) is 0 Å². The fourth-order valence-electron chi connectivity index (χ4n) is 3.14. The Labute approximate surface area is 118 Å². The minimum Gasteiger partial charge on any atom is -0.310 e. The van der Waals surface area contributed by atoms with Crippen molar-refractivity contribution in [2.75, 3.05) is 6.54 Å². The molecule has 0 spiro atoms. The van der Waals surface area contributed by atoms with E-state index < -0.39 is 0 Å². The number of fused-ring (bicyclic) bond motifs is 1. The van der Waals surface area contributed by atoms with Crippen LogP contribution in [-0.4, -0.2) is 6.54 Å². The van der Waals surface area contributed by atoms with E-state index in [0.29, 0.717) is 6.04 Å². The second-order valence-corrected chi connectivity index (χ2v) is 6.38. The second kappa shape index (κ2) is 7.09. The molecule has 0 saturated heterocycles. The molecule has 1 aliphatic carbocycles. The first-order valence-corrected chi connectivity index (χ1v) is 8.05. The molecule has 19 heavy (non-hydrogen) atoms. The first-order chi connectivity index (χ1) is 9.20. The zero-order valence-electron chi connectivity index (χ0n) is 12.8. The molecule has 1 nitrogen and oxygen atoms in total. The van der Waals surface area contributed by atoms with Crippen LogP contribution in [-0.2, 0) is 12.8 Å². The Morgan fingerprint density at radius 2 is 2.11 bits per heavy atom. The summed E-state index contributed by atoms with van der Waals surface area (Å²) >= 11 is 0. The van der Waals surface area contributed by atoms with Crippen molar-refractivity contribution >= 4 is 0 Å². The SMILES string of the molecule is CCCNC1CCCCc2ccc(CC(C)C)cc21. The second-order valence-electron chi connectivity index (χ2n) is 6.38. The highest BCUT2D eigenvalue weighted by molar-refractivity contribution is 5.35. The maximum atomic E-state index is 3.75. The smallest absolute Gasteiger partial charge is 0.0323 e. The van der Waals surface area contributed by atoms with Gasteiger partial charge in [-0.1, -0.05) is 45.4 Å². The number of benzene rings is 1. The third-order valence-corrected chi connectivity index (χ3v) is 4.06. The summed E-state index contributed by atoms with van der Waals surface area (Å²) in [5.74, 6) is 0.742. The summed E-state index contributed by atoms with van der Waals surface area (Å²) in [6.45, 7) is 8.00. The summed E-state index contributed by atoms with van der Waals surface area (Å²) in [5.41, 5.74) is 4.68. The predicted molar refractivity (Wildman–Crippen MR) is 83.6 cm³/mol. The fraction of sp³-hybridized carbons (Fsp3) is 0.667. The molecular formula is C18H29N. The van der Waals surface area contributed by atoms with Gasteiger partial charge in [0.1, 0.15) is 0 Å². The van der Waals surface area contributed by atoms with Gasteiger partial charge in [-0.05, 0) is 61.3 Å².